The van der Waals surface area contributed by atoms with Gasteiger partial charge < -0.3 is 9.13 Å². The van der Waals surface area contributed by atoms with Crippen molar-refractivity contribution in [3.63, 3.8) is 0 Å². The standard InChI is InChI=1S/C30H28N6O2S/c1-21-33-27-19-25(9-11-29(27)35(21)17-13-23-7-3-5-15-31-23)39(37,38)26-10-12-30-28(20-26)34-22(2)36(30)18-14-24-8-4-6-16-32-24/h3-12,15-16,19-20H,13-14,17-18H2,1-2H3. The third kappa shape index (κ3) is 4.81. The maximum absolute atomic E-state index is 13.6. The number of sulfone groups is 1. The molecule has 0 radical (unpaired) electrons. The monoisotopic (exact) mass is 536 g/mol. The summed E-state index contributed by atoms with van der Waals surface area (Å²) in [5.41, 5.74) is 5.13. The van der Waals surface area contributed by atoms with E-state index in [9.17, 15) is 8.42 Å². The van der Waals surface area contributed by atoms with E-state index in [1.165, 1.54) is 0 Å². The predicted molar refractivity (Wildman–Crippen MR) is 150 cm³/mol. The van der Waals surface area contributed by atoms with Gasteiger partial charge >= 0.3 is 0 Å². The fraction of sp³-hybridized carbons (Fsp3) is 0.200. The van der Waals surface area contributed by atoms with E-state index in [0.717, 1.165) is 46.9 Å². The minimum absolute atomic E-state index is 0.218. The van der Waals surface area contributed by atoms with Crippen LogP contribution in [0.5, 0.6) is 0 Å². The molecular formula is C30H28N6O2S. The fourth-order valence-electron chi connectivity index (χ4n) is 5.04. The molecule has 0 bridgehead atoms. The minimum Gasteiger partial charge on any atom is -0.328 e. The van der Waals surface area contributed by atoms with E-state index >= 15 is 0 Å². The summed E-state index contributed by atoms with van der Waals surface area (Å²) in [4.78, 5) is 18.6. The van der Waals surface area contributed by atoms with E-state index in [1.54, 1.807) is 36.7 Å². The van der Waals surface area contributed by atoms with Crippen molar-refractivity contribution in [3.05, 3.63) is 108 Å². The van der Waals surface area contributed by atoms with Crippen LogP contribution in [0.1, 0.15) is 23.0 Å². The first-order chi connectivity index (χ1) is 18.9. The van der Waals surface area contributed by atoms with Gasteiger partial charge in [-0.05, 0) is 74.5 Å². The first-order valence-corrected chi connectivity index (χ1v) is 14.4. The van der Waals surface area contributed by atoms with E-state index < -0.39 is 9.84 Å². The van der Waals surface area contributed by atoms with Gasteiger partial charge in [-0.3, -0.25) is 9.97 Å². The van der Waals surface area contributed by atoms with E-state index in [0.29, 0.717) is 24.1 Å². The second-order valence-electron chi connectivity index (χ2n) is 9.57. The SMILES string of the molecule is Cc1nc2cc(S(=O)(=O)c3ccc4c(c3)nc(C)n4CCc3ccccn3)ccc2n1CCc1ccccn1. The lowest BCUT2D eigenvalue weighted by molar-refractivity contribution is 0.596. The quantitative estimate of drug-likeness (QED) is 0.268. The number of hydrogen-bond donors (Lipinski definition) is 0. The number of hydrogen-bond acceptors (Lipinski definition) is 6. The van der Waals surface area contributed by atoms with Gasteiger partial charge in [0.1, 0.15) is 11.6 Å². The van der Waals surface area contributed by atoms with Crippen LogP contribution in [0.4, 0.5) is 0 Å². The number of fused-ring (bicyclic) bond motifs is 2. The van der Waals surface area contributed by atoms with Crippen molar-refractivity contribution in [1.82, 2.24) is 29.1 Å². The highest BCUT2D eigenvalue weighted by atomic mass is 32.2. The van der Waals surface area contributed by atoms with Crippen molar-refractivity contribution in [2.45, 2.75) is 49.6 Å². The molecule has 196 valence electrons. The van der Waals surface area contributed by atoms with Crippen LogP contribution in [-0.4, -0.2) is 37.5 Å². The van der Waals surface area contributed by atoms with Gasteiger partial charge in [0.2, 0.25) is 9.84 Å². The van der Waals surface area contributed by atoms with E-state index in [-0.39, 0.29) is 9.79 Å². The molecule has 6 rings (SSSR count). The van der Waals surface area contributed by atoms with Gasteiger partial charge in [0, 0.05) is 49.7 Å². The van der Waals surface area contributed by atoms with E-state index in [1.807, 2.05) is 62.4 Å². The van der Waals surface area contributed by atoms with Crippen molar-refractivity contribution in [2.75, 3.05) is 0 Å². The fourth-order valence-corrected chi connectivity index (χ4v) is 6.34. The number of imidazole rings is 2. The summed E-state index contributed by atoms with van der Waals surface area (Å²) in [7, 11) is -3.76. The van der Waals surface area contributed by atoms with Gasteiger partial charge in [-0.2, -0.15) is 0 Å². The number of aromatic nitrogens is 6. The average molecular weight is 537 g/mol. The van der Waals surface area contributed by atoms with Crippen LogP contribution in [0.3, 0.4) is 0 Å². The van der Waals surface area contributed by atoms with Crippen LogP contribution < -0.4 is 0 Å². The van der Waals surface area contributed by atoms with Crippen LogP contribution in [0, 0.1) is 13.8 Å². The third-order valence-corrected chi connectivity index (χ3v) is 8.83. The molecule has 0 atom stereocenters. The highest BCUT2D eigenvalue weighted by Gasteiger charge is 2.21. The Bertz CT molecular complexity index is 1760. The van der Waals surface area contributed by atoms with Crippen LogP contribution >= 0.6 is 0 Å². The van der Waals surface area contributed by atoms with Gasteiger partial charge in [-0.25, -0.2) is 18.4 Å². The largest absolute Gasteiger partial charge is 0.328 e. The Kier molecular flexibility index (Phi) is 6.44. The lowest BCUT2D eigenvalue weighted by atomic mass is 10.2. The third-order valence-electron chi connectivity index (χ3n) is 7.08. The number of nitrogens with zero attached hydrogens (tertiary/aromatic N) is 6. The Morgan fingerprint density at radius 2 is 1.10 bits per heavy atom. The van der Waals surface area contributed by atoms with Crippen molar-refractivity contribution >= 4 is 31.9 Å². The Morgan fingerprint density at radius 1 is 0.641 bits per heavy atom. The topological polar surface area (TPSA) is 95.6 Å². The van der Waals surface area contributed by atoms with Crippen molar-refractivity contribution in [2.24, 2.45) is 0 Å². The zero-order chi connectivity index (χ0) is 27.0. The number of aryl methyl sites for hydroxylation is 6. The zero-order valence-corrected chi connectivity index (χ0v) is 22.6. The highest BCUT2D eigenvalue weighted by molar-refractivity contribution is 7.91. The molecule has 0 unspecified atom stereocenters. The molecular weight excluding hydrogens is 508 g/mol. The Labute approximate surface area is 226 Å². The molecule has 0 aliphatic heterocycles. The van der Waals surface area contributed by atoms with Crippen LogP contribution in [0.25, 0.3) is 22.1 Å². The van der Waals surface area contributed by atoms with Crippen molar-refractivity contribution in [3.8, 4) is 0 Å². The predicted octanol–water partition coefficient (Wildman–Crippen LogP) is 5.11. The first kappa shape index (κ1) is 24.9. The average Bonchev–Trinajstić information content (AvgIpc) is 3.45. The number of benzene rings is 2. The molecule has 0 aliphatic carbocycles. The van der Waals surface area contributed by atoms with Gasteiger partial charge in [0.05, 0.1) is 31.9 Å². The van der Waals surface area contributed by atoms with Gasteiger partial charge in [0.25, 0.3) is 0 Å². The highest BCUT2D eigenvalue weighted by Crippen LogP contribution is 2.28. The van der Waals surface area contributed by atoms with Gasteiger partial charge in [-0.15, -0.1) is 0 Å². The second-order valence-corrected chi connectivity index (χ2v) is 11.5. The van der Waals surface area contributed by atoms with Crippen LogP contribution in [-0.2, 0) is 35.8 Å². The Balaban J connectivity index is 1.28. The summed E-state index contributed by atoms with van der Waals surface area (Å²) < 4.78 is 31.5. The van der Waals surface area contributed by atoms with Gasteiger partial charge in [-0.1, -0.05) is 12.1 Å². The molecule has 0 N–H and O–H groups in total. The maximum atomic E-state index is 13.6. The first-order valence-electron chi connectivity index (χ1n) is 12.9. The summed E-state index contributed by atoms with van der Waals surface area (Å²) in [5, 5.41) is 0. The molecule has 0 amide bonds. The molecule has 39 heavy (non-hydrogen) atoms. The maximum Gasteiger partial charge on any atom is 0.206 e. The smallest absolute Gasteiger partial charge is 0.206 e. The summed E-state index contributed by atoms with van der Waals surface area (Å²) >= 11 is 0. The van der Waals surface area contributed by atoms with E-state index in [2.05, 4.69) is 29.1 Å². The molecule has 0 saturated heterocycles. The summed E-state index contributed by atoms with van der Waals surface area (Å²) in [6.45, 7) is 5.30. The molecule has 0 spiro atoms. The van der Waals surface area contributed by atoms with Crippen LogP contribution in [0.15, 0.2) is 95.0 Å². The zero-order valence-electron chi connectivity index (χ0n) is 21.8. The van der Waals surface area contributed by atoms with Crippen molar-refractivity contribution < 1.29 is 8.42 Å². The summed E-state index contributed by atoms with van der Waals surface area (Å²) in [6.07, 6.45) is 5.11. The molecule has 4 aromatic heterocycles. The molecule has 9 heteroatoms. The lowest BCUT2D eigenvalue weighted by Crippen LogP contribution is -2.05. The molecule has 6 aromatic rings. The molecule has 2 aromatic carbocycles. The number of rotatable bonds is 8. The normalized spacial score (nSPS) is 11.9. The van der Waals surface area contributed by atoms with E-state index in [4.69, 9.17) is 0 Å². The molecule has 0 fully saturated rings. The van der Waals surface area contributed by atoms with Crippen LogP contribution in [0.2, 0.25) is 0 Å². The Hall–Kier alpha value is -4.37. The summed E-state index contributed by atoms with van der Waals surface area (Å²) in [6, 6.07) is 22.1. The molecule has 8 nitrogen and oxygen atoms in total. The molecule has 0 aliphatic rings. The molecule has 0 saturated carbocycles. The minimum atomic E-state index is -3.76. The number of pyridine rings is 2. The van der Waals surface area contributed by atoms with Crippen molar-refractivity contribution in [1.29, 1.82) is 0 Å². The van der Waals surface area contributed by atoms with Gasteiger partial charge in [0.15, 0.2) is 0 Å². The second kappa shape index (κ2) is 10.1. The lowest BCUT2D eigenvalue weighted by Gasteiger charge is -2.09. The Morgan fingerprint density at radius 3 is 1.51 bits per heavy atom. The summed E-state index contributed by atoms with van der Waals surface area (Å²) in [5.74, 6) is 1.67. The molecule has 4 heterocycles.